The van der Waals surface area contributed by atoms with Crippen LogP contribution in [-0.2, 0) is 0 Å². The van der Waals surface area contributed by atoms with Crippen molar-refractivity contribution in [1.29, 1.82) is 0 Å². The molecule has 10 aromatic rings. The number of fused-ring (bicyclic) bond motifs is 10. The maximum atomic E-state index is 6.62. The van der Waals surface area contributed by atoms with Gasteiger partial charge in [-0.25, -0.2) is 0 Å². The second kappa shape index (κ2) is 10.5. The molecule has 0 aliphatic carbocycles. The van der Waals surface area contributed by atoms with Gasteiger partial charge in [0.25, 0.3) is 0 Å². The second-order valence-electron chi connectivity index (χ2n) is 12.1. The number of para-hydroxylation sites is 2. The molecule has 0 aliphatic rings. The molecule has 47 heavy (non-hydrogen) atoms. The number of benzene rings is 8. The summed E-state index contributed by atoms with van der Waals surface area (Å²) in [5, 5.41) is 10.2. The van der Waals surface area contributed by atoms with Crippen molar-refractivity contribution in [2.24, 2.45) is 0 Å². The first kappa shape index (κ1) is 26.6. The van der Waals surface area contributed by atoms with E-state index in [2.05, 4.69) is 163 Å². The van der Waals surface area contributed by atoms with Gasteiger partial charge in [0.1, 0.15) is 0 Å². The predicted octanol–water partition coefficient (Wildman–Crippen LogP) is 12.4. The van der Waals surface area contributed by atoms with Gasteiger partial charge >= 0.3 is 260 Å². The first-order valence-electron chi connectivity index (χ1n) is 15.9. The van der Waals surface area contributed by atoms with Gasteiger partial charge in [-0.15, -0.1) is 0 Å². The van der Waals surface area contributed by atoms with Gasteiger partial charge in [-0.1, -0.05) is 18.2 Å². The number of anilines is 3. The summed E-state index contributed by atoms with van der Waals surface area (Å²) in [7, 11) is 0. The molecular formula is C44H27NOSe. The molecule has 0 fully saturated rings. The summed E-state index contributed by atoms with van der Waals surface area (Å²) in [6, 6.07) is 59.3. The molecule has 0 N–H and O–H groups in total. The Morgan fingerprint density at radius 2 is 1.13 bits per heavy atom. The SMILES string of the molecule is c1ccc(-c2ccc(N(c3ccc4ccc5ccc6c7ccccc7[se]c6c5c4c3)c3cccc4c3oc3ccccc34)cc2)cc1. The quantitative estimate of drug-likeness (QED) is 0.138. The van der Waals surface area contributed by atoms with Crippen LogP contribution in [0.3, 0.4) is 0 Å². The van der Waals surface area contributed by atoms with Crippen LogP contribution in [0.1, 0.15) is 0 Å². The van der Waals surface area contributed by atoms with Crippen molar-refractivity contribution in [3.8, 4) is 11.1 Å². The molecule has 0 aliphatic heterocycles. The van der Waals surface area contributed by atoms with Crippen LogP contribution in [-0.4, -0.2) is 14.5 Å². The fraction of sp³-hybridized carbons (Fsp3) is 0. The van der Waals surface area contributed by atoms with Gasteiger partial charge in [0.2, 0.25) is 0 Å². The zero-order chi connectivity index (χ0) is 30.9. The van der Waals surface area contributed by atoms with Gasteiger partial charge in [-0.3, -0.25) is 0 Å². The van der Waals surface area contributed by atoms with Crippen molar-refractivity contribution < 1.29 is 4.42 Å². The molecule has 2 heterocycles. The predicted molar refractivity (Wildman–Crippen MR) is 201 cm³/mol. The van der Waals surface area contributed by atoms with E-state index in [0.29, 0.717) is 0 Å². The van der Waals surface area contributed by atoms with E-state index < -0.39 is 0 Å². The summed E-state index contributed by atoms with van der Waals surface area (Å²) in [5.41, 5.74) is 7.39. The van der Waals surface area contributed by atoms with Crippen molar-refractivity contribution in [2.45, 2.75) is 0 Å². The van der Waals surface area contributed by atoms with Crippen molar-refractivity contribution in [1.82, 2.24) is 0 Å². The molecule has 0 amide bonds. The molecule has 3 heteroatoms. The van der Waals surface area contributed by atoms with Crippen LogP contribution in [0.4, 0.5) is 17.1 Å². The van der Waals surface area contributed by atoms with E-state index in [0.717, 1.165) is 39.0 Å². The summed E-state index contributed by atoms with van der Waals surface area (Å²) in [4.78, 5) is 2.36. The molecule has 2 aromatic heterocycles. The van der Waals surface area contributed by atoms with Gasteiger partial charge < -0.3 is 0 Å². The number of furan rings is 1. The number of hydrogen-bond acceptors (Lipinski definition) is 2. The standard InChI is InChI=1S/C44H27NOSe/c1-2-9-28(10-3-1)29-19-23-32(24-20-29)45(39-14-8-13-36-34-11-4-6-15-40(34)46-43(36)39)33-25-21-30-17-18-31-22-26-37-35-12-5-7-16-41(35)47-44(37)42(31)38(30)27-33/h1-27H. The van der Waals surface area contributed by atoms with Crippen molar-refractivity contribution in [3.63, 3.8) is 0 Å². The van der Waals surface area contributed by atoms with Crippen LogP contribution in [0.5, 0.6) is 0 Å². The molecule has 0 saturated heterocycles. The Balaban J connectivity index is 1.25. The number of hydrogen-bond donors (Lipinski definition) is 0. The van der Waals surface area contributed by atoms with Crippen molar-refractivity contribution in [3.05, 3.63) is 164 Å². The first-order chi connectivity index (χ1) is 23.3. The van der Waals surface area contributed by atoms with Crippen LogP contribution < -0.4 is 4.90 Å². The van der Waals surface area contributed by atoms with Crippen LogP contribution in [0.15, 0.2) is 168 Å². The molecular weight excluding hydrogens is 637 g/mol. The average Bonchev–Trinajstić information content (AvgIpc) is 3.71. The van der Waals surface area contributed by atoms with Gasteiger partial charge in [-0.05, 0) is 0 Å². The number of rotatable bonds is 4. The van der Waals surface area contributed by atoms with E-state index >= 15 is 0 Å². The second-order valence-corrected chi connectivity index (χ2v) is 14.3. The minimum Gasteiger partial charge on any atom is -0.0617 e. The van der Waals surface area contributed by atoms with Gasteiger partial charge in [-0.2, -0.15) is 0 Å². The van der Waals surface area contributed by atoms with Crippen LogP contribution in [0, 0.1) is 0 Å². The van der Waals surface area contributed by atoms with Crippen LogP contribution in [0.2, 0.25) is 0 Å². The summed E-state index contributed by atoms with van der Waals surface area (Å²) < 4.78 is 9.56. The monoisotopic (exact) mass is 665 g/mol. The van der Waals surface area contributed by atoms with Crippen molar-refractivity contribution in [2.75, 3.05) is 4.90 Å². The number of nitrogens with zero attached hydrogens (tertiary/aromatic N) is 1. The van der Waals surface area contributed by atoms with Gasteiger partial charge in [0.05, 0.1) is 0 Å². The maximum absolute atomic E-state index is 6.62. The molecule has 10 rings (SSSR count). The minimum absolute atomic E-state index is 0.253. The Hall–Kier alpha value is -5.60. The van der Waals surface area contributed by atoms with Crippen LogP contribution >= 0.6 is 0 Å². The third kappa shape index (κ3) is 4.18. The molecule has 8 aromatic carbocycles. The summed E-state index contributed by atoms with van der Waals surface area (Å²) >= 11 is 0.253. The zero-order valence-electron chi connectivity index (χ0n) is 25.4. The zero-order valence-corrected chi connectivity index (χ0v) is 27.1. The third-order valence-electron chi connectivity index (χ3n) is 9.44. The molecule has 220 valence electrons. The molecule has 0 bridgehead atoms. The Labute approximate surface area is 277 Å². The van der Waals surface area contributed by atoms with E-state index in [4.69, 9.17) is 4.42 Å². The molecule has 0 saturated carbocycles. The smallest absolute Gasteiger partial charge is 0.0617 e. The fourth-order valence-corrected chi connectivity index (χ4v) is 9.88. The Bertz CT molecular complexity index is 2790. The Kier molecular flexibility index (Phi) is 5.92. The fourth-order valence-electron chi connectivity index (χ4n) is 7.21. The first-order valence-corrected chi connectivity index (χ1v) is 17.6. The topological polar surface area (TPSA) is 16.4 Å². The third-order valence-corrected chi connectivity index (χ3v) is 12.0. The molecule has 0 radical (unpaired) electrons. The average molecular weight is 665 g/mol. The molecule has 0 spiro atoms. The summed E-state index contributed by atoms with van der Waals surface area (Å²) in [6.07, 6.45) is 0. The van der Waals surface area contributed by atoms with Gasteiger partial charge in [0, 0.05) is 0 Å². The summed E-state index contributed by atoms with van der Waals surface area (Å²) in [6.45, 7) is 0. The Morgan fingerprint density at radius 1 is 0.447 bits per heavy atom. The van der Waals surface area contributed by atoms with E-state index in [1.807, 2.05) is 6.07 Å². The normalized spacial score (nSPS) is 11.8. The van der Waals surface area contributed by atoms with E-state index in [-0.39, 0.29) is 14.5 Å². The minimum atomic E-state index is 0.253. The molecule has 2 nitrogen and oxygen atoms in total. The molecule has 0 atom stereocenters. The summed E-state index contributed by atoms with van der Waals surface area (Å²) in [5.74, 6) is 0. The van der Waals surface area contributed by atoms with Gasteiger partial charge in [0.15, 0.2) is 0 Å². The van der Waals surface area contributed by atoms with Crippen molar-refractivity contribution >= 4 is 94.3 Å². The molecule has 0 unspecified atom stereocenters. The van der Waals surface area contributed by atoms with Crippen LogP contribution in [0.25, 0.3) is 73.9 Å². The van der Waals surface area contributed by atoms with E-state index in [1.165, 1.54) is 52.0 Å². The van der Waals surface area contributed by atoms with E-state index in [1.54, 1.807) is 0 Å². The Morgan fingerprint density at radius 3 is 2.02 bits per heavy atom. The van der Waals surface area contributed by atoms with E-state index in [9.17, 15) is 0 Å².